The number of ether oxygens (including phenoxy) is 1. The Kier molecular flexibility index (Phi) is 5.78. The van der Waals surface area contributed by atoms with Gasteiger partial charge in [0.05, 0.1) is 19.3 Å². The van der Waals surface area contributed by atoms with E-state index in [1.54, 1.807) is 7.05 Å². The number of Topliss-reactive ketones (excluding diaryl/α,β-unsaturated/α-hetero) is 1. The molecule has 1 N–H and O–H groups in total. The van der Waals surface area contributed by atoms with Crippen LogP contribution < -0.4 is 15.0 Å². The third-order valence-corrected chi connectivity index (χ3v) is 2.98. The molecule has 0 aliphatic carbocycles. The van der Waals surface area contributed by atoms with Gasteiger partial charge in [-0.15, -0.1) is 0 Å². The molecule has 0 saturated heterocycles. The highest BCUT2D eigenvalue weighted by atomic mass is 19.4. The third-order valence-electron chi connectivity index (χ3n) is 2.98. The maximum absolute atomic E-state index is 12.8. The number of rotatable bonds is 6. The highest BCUT2D eigenvalue weighted by Crippen LogP contribution is 2.33. The smallest absolute Gasteiger partial charge is 0.471 e. The van der Waals surface area contributed by atoms with Crippen LogP contribution in [-0.2, 0) is 9.59 Å². The molecule has 0 bridgehead atoms. The van der Waals surface area contributed by atoms with Crippen molar-refractivity contribution in [1.29, 1.82) is 0 Å². The van der Waals surface area contributed by atoms with E-state index >= 15 is 0 Å². The third kappa shape index (κ3) is 4.12. The second-order valence-electron chi connectivity index (χ2n) is 4.42. The topological polar surface area (TPSA) is 58.6 Å². The van der Waals surface area contributed by atoms with Gasteiger partial charge in [-0.25, -0.2) is 0 Å². The Hall–Kier alpha value is -2.25. The van der Waals surface area contributed by atoms with E-state index in [0.29, 0.717) is 10.6 Å². The number of alkyl halides is 3. The van der Waals surface area contributed by atoms with Crippen molar-refractivity contribution in [2.75, 3.05) is 30.9 Å². The summed E-state index contributed by atoms with van der Waals surface area (Å²) in [7, 11) is 2.91. The lowest BCUT2D eigenvalue weighted by molar-refractivity contribution is -0.170. The number of anilines is 2. The largest absolute Gasteiger partial charge is 0.494 e. The van der Waals surface area contributed by atoms with Crippen LogP contribution in [0.25, 0.3) is 0 Å². The summed E-state index contributed by atoms with van der Waals surface area (Å²) in [5.74, 6) is -2.53. The summed E-state index contributed by atoms with van der Waals surface area (Å²) in [6, 6.07) is 4.24. The lowest BCUT2D eigenvalue weighted by Gasteiger charge is -2.25. The van der Waals surface area contributed by atoms with Crippen molar-refractivity contribution in [3.8, 4) is 5.75 Å². The molecule has 1 rings (SSSR count). The summed E-state index contributed by atoms with van der Waals surface area (Å²) in [5, 5.41) is 2.81. The van der Waals surface area contributed by atoms with Gasteiger partial charge in [0.2, 0.25) is 0 Å². The molecular formula is C14H17F3N2O3. The number of carbonyl (C=O) groups is 2. The van der Waals surface area contributed by atoms with Gasteiger partial charge in [0.1, 0.15) is 5.75 Å². The zero-order valence-electron chi connectivity index (χ0n) is 12.5. The van der Waals surface area contributed by atoms with Crippen LogP contribution in [0.4, 0.5) is 24.5 Å². The Balaban J connectivity index is 3.32. The number of amides is 1. The first-order valence-corrected chi connectivity index (χ1v) is 6.50. The number of nitrogens with zero attached hydrogens (tertiary/aromatic N) is 1. The molecule has 0 aliphatic rings. The first-order valence-electron chi connectivity index (χ1n) is 6.50. The Morgan fingerprint density at radius 1 is 1.32 bits per heavy atom. The molecule has 0 spiro atoms. The number of ketones is 1. The first-order chi connectivity index (χ1) is 10.2. The van der Waals surface area contributed by atoms with Crippen LogP contribution >= 0.6 is 0 Å². The highest BCUT2D eigenvalue weighted by Gasteiger charge is 2.44. The molecule has 0 unspecified atom stereocenters. The van der Waals surface area contributed by atoms with E-state index in [1.807, 2.05) is 0 Å². The van der Waals surface area contributed by atoms with Gasteiger partial charge in [-0.05, 0) is 12.1 Å². The number of halogens is 3. The van der Waals surface area contributed by atoms with Crippen LogP contribution in [-0.4, -0.2) is 38.6 Å². The van der Waals surface area contributed by atoms with Crippen LogP contribution in [0, 0.1) is 0 Å². The monoisotopic (exact) mass is 318 g/mol. The maximum Gasteiger partial charge on any atom is 0.471 e. The molecule has 122 valence electrons. The average molecular weight is 318 g/mol. The van der Waals surface area contributed by atoms with Gasteiger partial charge < -0.3 is 10.1 Å². The summed E-state index contributed by atoms with van der Waals surface area (Å²) >= 11 is 0. The molecule has 1 aromatic carbocycles. The summed E-state index contributed by atoms with van der Waals surface area (Å²) in [4.78, 5) is 23.5. The Morgan fingerprint density at radius 2 is 1.95 bits per heavy atom. The van der Waals surface area contributed by atoms with Crippen molar-refractivity contribution in [1.82, 2.24) is 0 Å². The molecule has 0 saturated carbocycles. The Morgan fingerprint density at radius 3 is 2.41 bits per heavy atom. The van der Waals surface area contributed by atoms with Crippen molar-refractivity contribution in [3.63, 3.8) is 0 Å². The zero-order chi connectivity index (χ0) is 16.9. The lowest BCUT2D eigenvalue weighted by atomic mass is 10.2. The maximum atomic E-state index is 12.8. The van der Waals surface area contributed by atoms with E-state index in [9.17, 15) is 22.8 Å². The molecule has 0 fully saturated rings. The van der Waals surface area contributed by atoms with Crippen LogP contribution in [0.1, 0.15) is 13.3 Å². The fourth-order valence-corrected chi connectivity index (χ4v) is 1.76. The van der Waals surface area contributed by atoms with E-state index in [4.69, 9.17) is 4.74 Å². The lowest BCUT2D eigenvalue weighted by Crippen LogP contribution is -2.44. The van der Waals surface area contributed by atoms with Crippen molar-refractivity contribution in [2.24, 2.45) is 0 Å². The number of methoxy groups -OCH3 is 1. The molecule has 0 atom stereocenters. The van der Waals surface area contributed by atoms with E-state index in [1.165, 1.54) is 32.2 Å². The minimum atomic E-state index is -5.08. The fraction of sp³-hybridized carbons (Fsp3) is 0.429. The number of nitrogens with one attached hydrogen (secondary N) is 1. The highest BCUT2D eigenvalue weighted by molar-refractivity contribution is 6.03. The molecule has 1 aromatic rings. The van der Waals surface area contributed by atoms with Crippen molar-refractivity contribution < 1.29 is 27.5 Å². The Labute approximate surface area is 126 Å². The molecule has 0 radical (unpaired) electrons. The van der Waals surface area contributed by atoms with E-state index in [0.717, 1.165) is 0 Å². The van der Waals surface area contributed by atoms with Gasteiger partial charge in [0.25, 0.3) is 0 Å². The summed E-state index contributed by atoms with van der Waals surface area (Å²) < 4.78 is 43.3. The molecule has 0 aliphatic heterocycles. The fourth-order valence-electron chi connectivity index (χ4n) is 1.76. The second kappa shape index (κ2) is 7.15. The summed E-state index contributed by atoms with van der Waals surface area (Å²) in [5.41, 5.74) is 0.493. The minimum Gasteiger partial charge on any atom is -0.494 e. The summed E-state index contributed by atoms with van der Waals surface area (Å²) in [6.07, 6.45) is -5.06. The Bertz CT molecular complexity index is 559. The molecule has 0 aromatic heterocycles. The van der Waals surface area contributed by atoms with Gasteiger partial charge in [0, 0.05) is 25.2 Å². The van der Waals surface area contributed by atoms with Crippen LogP contribution in [0.5, 0.6) is 5.75 Å². The predicted octanol–water partition coefficient (Wildman–Crippen LogP) is 2.61. The SMILES string of the molecule is CCC(=O)CN(C(=O)C(F)(F)F)c1ccc(NC)cc1OC. The summed E-state index contributed by atoms with van der Waals surface area (Å²) in [6.45, 7) is 0.851. The van der Waals surface area contributed by atoms with E-state index < -0.39 is 24.4 Å². The average Bonchev–Trinajstić information content (AvgIpc) is 2.50. The van der Waals surface area contributed by atoms with Crippen LogP contribution in [0.3, 0.4) is 0 Å². The minimum absolute atomic E-state index is 0.0263. The second-order valence-corrected chi connectivity index (χ2v) is 4.42. The zero-order valence-corrected chi connectivity index (χ0v) is 12.5. The molecule has 8 heteroatoms. The van der Waals surface area contributed by atoms with Gasteiger partial charge in [-0.2, -0.15) is 13.2 Å². The van der Waals surface area contributed by atoms with Crippen LogP contribution in [0.2, 0.25) is 0 Å². The van der Waals surface area contributed by atoms with Gasteiger partial charge in [0.15, 0.2) is 5.78 Å². The molecule has 22 heavy (non-hydrogen) atoms. The quantitative estimate of drug-likeness (QED) is 0.876. The van der Waals surface area contributed by atoms with Crippen molar-refractivity contribution in [2.45, 2.75) is 19.5 Å². The standard InChI is InChI=1S/C14H17F3N2O3/c1-4-10(20)8-19(13(21)14(15,16)17)11-6-5-9(18-2)7-12(11)22-3/h5-7,18H,4,8H2,1-3H3. The van der Waals surface area contributed by atoms with Crippen LogP contribution in [0.15, 0.2) is 18.2 Å². The number of carbonyl (C=O) groups excluding carboxylic acids is 2. The predicted molar refractivity (Wildman–Crippen MR) is 76.2 cm³/mol. The van der Waals surface area contributed by atoms with Crippen molar-refractivity contribution in [3.05, 3.63) is 18.2 Å². The molecule has 0 heterocycles. The number of benzene rings is 1. The number of hydrogen-bond acceptors (Lipinski definition) is 4. The first kappa shape index (κ1) is 17.8. The molecule has 5 nitrogen and oxygen atoms in total. The van der Waals surface area contributed by atoms with Gasteiger partial charge in [-0.3, -0.25) is 14.5 Å². The molecule has 1 amide bonds. The van der Waals surface area contributed by atoms with Gasteiger partial charge in [-0.1, -0.05) is 6.92 Å². The van der Waals surface area contributed by atoms with E-state index in [2.05, 4.69) is 5.32 Å². The van der Waals surface area contributed by atoms with E-state index in [-0.39, 0.29) is 17.9 Å². The molecular weight excluding hydrogens is 301 g/mol. The van der Waals surface area contributed by atoms with Crippen molar-refractivity contribution >= 4 is 23.1 Å². The number of hydrogen-bond donors (Lipinski definition) is 1. The normalized spacial score (nSPS) is 11.0. The van der Waals surface area contributed by atoms with Gasteiger partial charge >= 0.3 is 12.1 Å².